The molecule has 4 rings (SSSR count). The number of nitrogen functional groups attached to an aromatic ring is 2. The van der Waals surface area contributed by atoms with Gasteiger partial charge in [-0.25, -0.2) is 15.0 Å². The van der Waals surface area contributed by atoms with Crippen molar-refractivity contribution in [3.8, 4) is 11.3 Å². The van der Waals surface area contributed by atoms with E-state index in [0.29, 0.717) is 5.82 Å². The van der Waals surface area contributed by atoms with E-state index >= 15 is 0 Å². The van der Waals surface area contributed by atoms with E-state index in [4.69, 9.17) is 11.5 Å². The molecule has 0 radical (unpaired) electrons. The Bertz CT molecular complexity index is 950. The number of nitrogens with two attached hydrogens (primary N) is 2. The number of hydrogen-bond acceptors (Lipinski definition) is 8. The van der Waals surface area contributed by atoms with Gasteiger partial charge < -0.3 is 21.3 Å². The van der Waals surface area contributed by atoms with Gasteiger partial charge in [-0.1, -0.05) is 12.1 Å². The van der Waals surface area contributed by atoms with E-state index in [-0.39, 0.29) is 5.95 Å². The Kier molecular flexibility index (Phi) is 4.45. The summed E-state index contributed by atoms with van der Waals surface area (Å²) in [6.45, 7) is 5.36. The van der Waals surface area contributed by atoms with Crippen LogP contribution in [0.1, 0.15) is 5.82 Å². The van der Waals surface area contributed by atoms with Crippen molar-refractivity contribution in [2.75, 3.05) is 47.4 Å². The molecule has 3 heterocycles. The molecule has 0 spiro atoms. The van der Waals surface area contributed by atoms with Gasteiger partial charge >= 0.3 is 0 Å². The van der Waals surface area contributed by atoms with E-state index in [1.165, 1.54) is 5.69 Å². The van der Waals surface area contributed by atoms with E-state index in [1.807, 2.05) is 13.0 Å². The first-order valence-corrected chi connectivity index (χ1v) is 8.88. The van der Waals surface area contributed by atoms with Crippen molar-refractivity contribution < 1.29 is 0 Å². The van der Waals surface area contributed by atoms with Crippen LogP contribution in [-0.4, -0.2) is 46.1 Å². The van der Waals surface area contributed by atoms with Gasteiger partial charge in [-0.2, -0.15) is 4.98 Å². The number of rotatable bonds is 3. The van der Waals surface area contributed by atoms with Crippen LogP contribution in [0.2, 0.25) is 0 Å². The highest BCUT2D eigenvalue weighted by molar-refractivity contribution is 5.67. The quantitative estimate of drug-likeness (QED) is 0.725. The normalized spacial score (nSPS) is 14.4. The van der Waals surface area contributed by atoms with Crippen molar-refractivity contribution in [1.82, 2.24) is 19.9 Å². The molecule has 1 fully saturated rings. The standard InChI is InChI=1S/C19H22N8/c1-13-22-6-5-16(24-13)14-3-2-4-15(11-14)26-7-9-27(10-8-26)17-12-23-19(21)25-18(17)20/h2-6,11-12H,7-10H2,1H3,(H4,20,21,23,25). The lowest BCUT2D eigenvalue weighted by Crippen LogP contribution is -2.46. The maximum atomic E-state index is 6.00. The van der Waals surface area contributed by atoms with Crippen LogP contribution in [0.5, 0.6) is 0 Å². The third-order valence-corrected chi connectivity index (χ3v) is 4.72. The minimum Gasteiger partial charge on any atom is -0.382 e. The maximum Gasteiger partial charge on any atom is 0.222 e. The monoisotopic (exact) mass is 362 g/mol. The van der Waals surface area contributed by atoms with Crippen LogP contribution in [-0.2, 0) is 0 Å². The Labute approximate surface area is 157 Å². The lowest BCUT2D eigenvalue weighted by atomic mass is 10.1. The summed E-state index contributed by atoms with van der Waals surface area (Å²) in [6.07, 6.45) is 3.49. The zero-order valence-corrected chi connectivity index (χ0v) is 15.2. The molecule has 138 valence electrons. The van der Waals surface area contributed by atoms with Crippen LogP contribution in [0, 0.1) is 6.92 Å². The Balaban J connectivity index is 1.49. The van der Waals surface area contributed by atoms with E-state index in [0.717, 1.165) is 48.9 Å². The van der Waals surface area contributed by atoms with Crippen LogP contribution in [0.4, 0.5) is 23.1 Å². The van der Waals surface area contributed by atoms with Crippen molar-refractivity contribution in [2.45, 2.75) is 6.92 Å². The highest BCUT2D eigenvalue weighted by atomic mass is 15.3. The van der Waals surface area contributed by atoms with Crippen molar-refractivity contribution in [3.63, 3.8) is 0 Å². The lowest BCUT2D eigenvalue weighted by molar-refractivity contribution is 0.652. The summed E-state index contributed by atoms with van der Waals surface area (Å²) in [5, 5.41) is 0. The molecule has 1 aromatic carbocycles. The van der Waals surface area contributed by atoms with Gasteiger partial charge in [0.1, 0.15) is 5.82 Å². The molecule has 8 nitrogen and oxygen atoms in total. The molecule has 0 aliphatic carbocycles. The number of nitrogens with zero attached hydrogens (tertiary/aromatic N) is 6. The number of benzene rings is 1. The molecular formula is C19H22N8. The van der Waals surface area contributed by atoms with Gasteiger partial charge in [0.25, 0.3) is 0 Å². The summed E-state index contributed by atoms with van der Waals surface area (Å²) in [6, 6.07) is 10.4. The Hall–Kier alpha value is -3.42. The average molecular weight is 362 g/mol. The fourth-order valence-electron chi connectivity index (χ4n) is 3.33. The van der Waals surface area contributed by atoms with E-state index < -0.39 is 0 Å². The third-order valence-electron chi connectivity index (χ3n) is 4.72. The molecule has 8 heteroatoms. The Morgan fingerprint density at radius 3 is 2.44 bits per heavy atom. The number of anilines is 4. The summed E-state index contributed by atoms with van der Waals surface area (Å²) in [4.78, 5) is 21.4. The van der Waals surface area contributed by atoms with Gasteiger partial charge in [-0.3, -0.25) is 0 Å². The van der Waals surface area contributed by atoms with Crippen LogP contribution in [0.25, 0.3) is 11.3 Å². The topological polar surface area (TPSA) is 110 Å². The fraction of sp³-hybridized carbons (Fsp3) is 0.263. The van der Waals surface area contributed by atoms with Crippen molar-refractivity contribution in [2.24, 2.45) is 0 Å². The average Bonchev–Trinajstić information content (AvgIpc) is 2.68. The zero-order valence-electron chi connectivity index (χ0n) is 15.2. The van der Waals surface area contributed by atoms with Gasteiger partial charge in [0.05, 0.1) is 17.6 Å². The SMILES string of the molecule is Cc1nccc(-c2cccc(N3CCN(c4cnc(N)nc4N)CC3)c2)n1. The highest BCUT2D eigenvalue weighted by Crippen LogP contribution is 2.26. The van der Waals surface area contributed by atoms with E-state index in [2.05, 4.69) is 54.0 Å². The molecule has 0 saturated carbocycles. The lowest BCUT2D eigenvalue weighted by Gasteiger charge is -2.37. The second-order valence-corrected chi connectivity index (χ2v) is 6.51. The summed E-state index contributed by atoms with van der Waals surface area (Å²) < 4.78 is 0. The van der Waals surface area contributed by atoms with E-state index in [1.54, 1.807) is 12.4 Å². The van der Waals surface area contributed by atoms with Gasteiger partial charge in [-0.15, -0.1) is 0 Å². The van der Waals surface area contributed by atoms with Crippen LogP contribution < -0.4 is 21.3 Å². The molecule has 1 aliphatic heterocycles. The van der Waals surface area contributed by atoms with Gasteiger partial charge in [0.2, 0.25) is 5.95 Å². The van der Waals surface area contributed by atoms with Crippen LogP contribution >= 0.6 is 0 Å². The molecule has 2 aromatic heterocycles. The fourth-order valence-corrected chi connectivity index (χ4v) is 3.33. The number of aromatic nitrogens is 4. The van der Waals surface area contributed by atoms with Crippen LogP contribution in [0.15, 0.2) is 42.7 Å². The molecular weight excluding hydrogens is 340 g/mol. The molecule has 27 heavy (non-hydrogen) atoms. The second kappa shape index (κ2) is 7.06. The van der Waals surface area contributed by atoms with Crippen molar-refractivity contribution in [3.05, 3.63) is 48.5 Å². The second-order valence-electron chi connectivity index (χ2n) is 6.51. The Morgan fingerprint density at radius 1 is 0.926 bits per heavy atom. The summed E-state index contributed by atoms with van der Waals surface area (Å²) >= 11 is 0. The molecule has 0 atom stereocenters. The Morgan fingerprint density at radius 2 is 1.70 bits per heavy atom. The van der Waals surface area contributed by atoms with Crippen LogP contribution in [0.3, 0.4) is 0 Å². The largest absolute Gasteiger partial charge is 0.382 e. The first-order chi connectivity index (χ1) is 13.1. The summed E-state index contributed by atoms with van der Waals surface area (Å²) in [5.74, 6) is 1.40. The number of hydrogen-bond donors (Lipinski definition) is 2. The minimum absolute atomic E-state index is 0.201. The zero-order chi connectivity index (χ0) is 18.8. The van der Waals surface area contributed by atoms with Crippen molar-refractivity contribution >= 4 is 23.1 Å². The predicted octanol–water partition coefficient (Wildman–Crippen LogP) is 1.73. The predicted molar refractivity (Wildman–Crippen MR) is 107 cm³/mol. The van der Waals surface area contributed by atoms with Gasteiger partial charge in [-0.05, 0) is 25.1 Å². The first kappa shape index (κ1) is 17.0. The molecule has 3 aromatic rings. The third kappa shape index (κ3) is 3.59. The molecule has 0 bridgehead atoms. The molecule has 1 saturated heterocycles. The maximum absolute atomic E-state index is 6.00. The summed E-state index contributed by atoms with van der Waals surface area (Å²) in [7, 11) is 0. The molecule has 0 unspecified atom stereocenters. The van der Waals surface area contributed by atoms with Gasteiger partial charge in [0, 0.05) is 43.6 Å². The first-order valence-electron chi connectivity index (χ1n) is 8.88. The van der Waals surface area contributed by atoms with Crippen molar-refractivity contribution in [1.29, 1.82) is 0 Å². The molecule has 4 N–H and O–H groups in total. The number of aryl methyl sites for hydroxylation is 1. The smallest absolute Gasteiger partial charge is 0.222 e. The molecule has 0 amide bonds. The highest BCUT2D eigenvalue weighted by Gasteiger charge is 2.20. The molecule has 1 aliphatic rings. The summed E-state index contributed by atoms with van der Waals surface area (Å²) in [5.41, 5.74) is 15.6. The van der Waals surface area contributed by atoms with Gasteiger partial charge in [0.15, 0.2) is 5.82 Å². The minimum atomic E-state index is 0.201. The van der Waals surface area contributed by atoms with E-state index in [9.17, 15) is 0 Å². The number of piperazine rings is 1.